The zero-order valence-electron chi connectivity index (χ0n) is 14.8. The lowest BCUT2D eigenvalue weighted by Crippen LogP contribution is -2.05. The molecule has 0 spiro atoms. The smallest absolute Gasteiger partial charge is 0.190 e. The van der Waals surface area contributed by atoms with Crippen LogP contribution in [0.25, 0.3) is 0 Å². The van der Waals surface area contributed by atoms with Crippen molar-refractivity contribution < 1.29 is 9.59 Å². The van der Waals surface area contributed by atoms with Gasteiger partial charge in [-0.15, -0.1) is 0 Å². The van der Waals surface area contributed by atoms with Crippen LogP contribution in [0.5, 0.6) is 0 Å². The zero-order valence-corrected chi connectivity index (χ0v) is 14.8. The van der Waals surface area contributed by atoms with E-state index in [1.165, 1.54) is 0 Å². The zero-order chi connectivity index (χ0) is 17.7. The van der Waals surface area contributed by atoms with Crippen molar-refractivity contribution in [2.75, 3.05) is 0 Å². The minimum atomic E-state index is 0.0248. The number of hydrogen-bond acceptors (Lipinski definition) is 2. The molecule has 0 amide bonds. The maximum atomic E-state index is 12.5. The molecule has 2 nitrogen and oxygen atoms in total. The molecule has 2 aromatic rings. The maximum Gasteiger partial charge on any atom is 0.190 e. The first-order valence-electron chi connectivity index (χ1n) is 8.73. The summed E-state index contributed by atoms with van der Waals surface area (Å²) in [6, 6.07) is 15.2. The molecular weight excluding hydrogens is 296 g/mol. The number of allylic oxidation sites excluding steroid dienone is 2. The molecule has 2 aliphatic carbocycles. The number of ketones is 2. The molecule has 2 aliphatic rings. The van der Waals surface area contributed by atoms with E-state index in [2.05, 4.69) is 0 Å². The Hall–Kier alpha value is -2.48. The largest absolute Gasteiger partial charge is 0.289 e. The van der Waals surface area contributed by atoms with Crippen molar-refractivity contribution >= 4 is 11.6 Å². The molecule has 0 N–H and O–H groups in total. The van der Waals surface area contributed by atoms with Gasteiger partial charge in [0, 0.05) is 35.1 Å². The topological polar surface area (TPSA) is 34.1 Å². The standard InChI is InChI=1S/C18H12O2.2C2H6/c19-17-13-7-3-1-5-11(13)9-15(17)16-10-12-6-2-4-8-14(12)18(16)20;2*1-2/h1-8H,9-10H2;2*1-2H3/b16-15+;;. The summed E-state index contributed by atoms with van der Waals surface area (Å²) in [5.41, 5.74) is 4.94. The van der Waals surface area contributed by atoms with E-state index < -0.39 is 0 Å². The second kappa shape index (κ2) is 7.87. The molecule has 0 bridgehead atoms. The second-order valence-corrected chi connectivity index (χ2v) is 5.28. The number of carbonyl (C=O) groups is 2. The number of benzene rings is 2. The Kier molecular flexibility index (Phi) is 5.86. The van der Waals surface area contributed by atoms with Gasteiger partial charge in [0.05, 0.1) is 0 Å². The summed E-state index contributed by atoms with van der Waals surface area (Å²) in [6.07, 6.45) is 1.17. The highest BCUT2D eigenvalue weighted by molar-refractivity contribution is 6.22. The van der Waals surface area contributed by atoms with Gasteiger partial charge in [-0.1, -0.05) is 76.2 Å². The quantitative estimate of drug-likeness (QED) is 0.624. The van der Waals surface area contributed by atoms with Crippen LogP contribution < -0.4 is 0 Å². The van der Waals surface area contributed by atoms with Gasteiger partial charge in [-0.05, 0) is 11.1 Å². The van der Waals surface area contributed by atoms with Crippen molar-refractivity contribution in [1.82, 2.24) is 0 Å². The molecule has 0 saturated heterocycles. The van der Waals surface area contributed by atoms with Gasteiger partial charge in [0.1, 0.15) is 0 Å². The highest BCUT2D eigenvalue weighted by Crippen LogP contribution is 2.34. The van der Waals surface area contributed by atoms with Crippen molar-refractivity contribution in [2.24, 2.45) is 0 Å². The first kappa shape index (κ1) is 17.9. The van der Waals surface area contributed by atoms with E-state index in [-0.39, 0.29) is 11.6 Å². The third-order valence-corrected chi connectivity index (χ3v) is 4.17. The maximum absolute atomic E-state index is 12.5. The molecule has 0 atom stereocenters. The summed E-state index contributed by atoms with van der Waals surface area (Å²) >= 11 is 0. The number of rotatable bonds is 0. The molecule has 24 heavy (non-hydrogen) atoms. The third kappa shape index (κ3) is 2.96. The SMILES string of the molecule is CC.CC.O=C1/C(=C2\Cc3ccccc3C2=O)Cc2ccccc21. The van der Waals surface area contributed by atoms with Crippen LogP contribution in [-0.4, -0.2) is 11.6 Å². The van der Waals surface area contributed by atoms with Crippen LogP contribution in [0.2, 0.25) is 0 Å². The fourth-order valence-corrected chi connectivity index (χ4v) is 3.15. The van der Waals surface area contributed by atoms with Crippen LogP contribution in [-0.2, 0) is 12.8 Å². The van der Waals surface area contributed by atoms with Gasteiger partial charge in [0.15, 0.2) is 11.6 Å². The van der Waals surface area contributed by atoms with E-state index in [0.717, 1.165) is 22.3 Å². The van der Waals surface area contributed by atoms with Crippen molar-refractivity contribution in [1.29, 1.82) is 0 Å². The van der Waals surface area contributed by atoms with E-state index in [1.807, 2.05) is 76.2 Å². The van der Waals surface area contributed by atoms with Crippen LogP contribution in [0.4, 0.5) is 0 Å². The number of hydrogen-bond donors (Lipinski definition) is 0. The Morgan fingerprint density at radius 2 is 0.917 bits per heavy atom. The summed E-state index contributed by atoms with van der Waals surface area (Å²) in [4.78, 5) is 24.9. The minimum Gasteiger partial charge on any atom is -0.289 e. The molecule has 0 fully saturated rings. The van der Waals surface area contributed by atoms with Crippen molar-refractivity contribution in [3.8, 4) is 0 Å². The van der Waals surface area contributed by atoms with Crippen LogP contribution in [0.1, 0.15) is 59.5 Å². The van der Waals surface area contributed by atoms with E-state index in [9.17, 15) is 9.59 Å². The molecule has 124 valence electrons. The van der Waals surface area contributed by atoms with Gasteiger partial charge in [-0.25, -0.2) is 0 Å². The van der Waals surface area contributed by atoms with Crippen LogP contribution in [0.3, 0.4) is 0 Å². The lowest BCUT2D eigenvalue weighted by Gasteiger charge is -2.00. The first-order chi connectivity index (χ1) is 11.8. The average Bonchev–Trinajstić information content (AvgIpc) is 3.17. The molecule has 0 unspecified atom stereocenters. The van der Waals surface area contributed by atoms with E-state index >= 15 is 0 Å². The monoisotopic (exact) mass is 320 g/mol. The van der Waals surface area contributed by atoms with Crippen LogP contribution >= 0.6 is 0 Å². The average molecular weight is 320 g/mol. The highest BCUT2D eigenvalue weighted by atomic mass is 16.1. The number of fused-ring (bicyclic) bond motifs is 2. The molecular formula is C22H24O2. The fraction of sp³-hybridized carbons (Fsp3) is 0.273. The first-order valence-corrected chi connectivity index (χ1v) is 8.73. The van der Waals surface area contributed by atoms with Gasteiger partial charge in [-0.2, -0.15) is 0 Å². The normalized spacial score (nSPS) is 17.3. The molecule has 0 heterocycles. The molecule has 2 heteroatoms. The van der Waals surface area contributed by atoms with E-state index in [1.54, 1.807) is 0 Å². The Labute approximate surface area is 144 Å². The molecule has 0 saturated carbocycles. The van der Waals surface area contributed by atoms with Crippen molar-refractivity contribution in [2.45, 2.75) is 40.5 Å². The van der Waals surface area contributed by atoms with Gasteiger partial charge >= 0.3 is 0 Å². The Bertz CT molecular complexity index is 730. The van der Waals surface area contributed by atoms with E-state index in [4.69, 9.17) is 0 Å². The predicted molar refractivity (Wildman–Crippen MR) is 98.7 cm³/mol. The summed E-state index contributed by atoms with van der Waals surface area (Å²) < 4.78 is 0. The summed E-state index contributed by atoms with van der Waals surface area (Å²) in [6.45, 7) is 8.00. The summed E-state index contributed by atoms with van der Waals surface area (Å²) in [5.74, 6) is 0.0495. The summed E-state index contributed by atoms with van der Waals surface area (Å²) in [7, 11) is 0. The van der Waals surface area contributed by atoms with Crippen LogP contribution in [0, 0.1) is 0 Å². The van der Waals surface area contributed by atoms with E-state index in [0.29, 0.717) is 24.0 Å². The summed E-state index contributed by atoms with van der Waals surface area (Å²) in [5, 5.41) is 0. The second-order valence-electron chi connectivity index (χ2n) is 5.28. The Balaban J connectivity index is 0.000000487. The number of carbonyl (C=O) groups excluding carboxylic acids is 2. The van der Waals surface area contributed by atoms with Gasteiger partial charge < -0.3 is 0 Å². The molecule has 0 aliphatic heterocycles. The minimum absolute atomic E-state index is 0.0248. The van der Waals surface area contributed by atoms with Crippen molar-refractivity contribution in [3.05, 3.63) is 81.9 Å². The van der Waals surface area contributed by atoms with Gasteiger partial charge in [-0.3, -0.25) is 9.59 Å². The predicted octanol–water partition coefficient (Wildman–Crippen LogP) is 5.21. The lowest BCUT2D eigenvalue weighted by molar-refractivity contribution is 0.100. The number of Topliss-reactive ketones (excluding diaryl/α,β-unsaturated/α-hetero) is 2. The Morgan fingerprint density at radius 3 is 1.25 bits per heavy atom. The highest BCUT2D eigenvalue weighted by Gasteiger charge is 2.33. The molecule has 4 rings (SSSR count). The Morgan fingerprint density at radius 1 is 0.583 bits per heavy atom. The van der Waals surface area contributed by atoms with Gasteiger partial charge in [0.2, 0.25) is 0 Å². The third-order valence-electron chi connectivity index (χ3n) is 4.17. The molecule has 0 aromatic heterocycles. The molecule has 0 radical (unpaired) electrons. The lowest BCUT2D eigenvalue weighted by atomic mass is 10.0. The van der Waals surface area contributed by atoms with Crippen LogP contribution in [0.15, 0.2) is 59.7 Å². The van der Waals surface area contributed by atoms with Gasteiger partial charge in [0.25, 0.3) is 0 Å². The fourth-order valence-electron chi connectivity index (χ4n) is 3.15. The van der Waals surface area contributed by atoms with Crippen molar-refractivity contribution in [3.63, 3.8) is 0 Å². The molecule has 2 aromatic carbocycles.